The molecule has 8 heteroatoms. The molecule has 0 bridgehead atoms. The lowest BCUT2D eigenvalue weighted by molar-refractivity contribution is -0.135. The van der Waals surface area contributed by atoms with Gasteiger partial charge in [0.25, 0.3) is 0 Å². The standard InChI is InChI=1S/C39H47NO7/c1-3-4-5-6-7-8-9-10-11-12-13-14-15-20-36(41)44-28-21-23-32-34(25-28)46-35-26-29(45-37(42)27(2)40)22-24-33(35)39(32)31-19-17-16-18-30(31)38(43)47-39/h16-19,21-27H,3-15,20,40H2,1-2H3/t27-,39?/m0/s1. The molecular weight excluding hydrogens is 594 g/mol. The molecular formula is C39H47NO7. The summed E-state index contributed by atoms with van der Waals surface area (Å²) in [6, 6.07) is 16.4. The van der Waals surface area contributed by atoms with Crippen LogP contribution in [0.2, 0.25) is 0 Å². The van der Waals surface area contributed by atoms with Gasteiger partial charge < -0.3 is 24.7 Å². The molecule has 0 saturated carbocycles. The molecule has 47 heavy (non-hydrogen) atoms. The van der Waals surface area contributed by atoms with Gasteiger partial charge in [0.05, 0.1) is 5.56 Å². The first-order valence-electron chi connectivity index (χ1n) is 17.3. The summed E-state index contributed by atoms with van der Waals surface area (Å²) in [7, 11) is 0. The zero-order chi connectivity index (χ0) is 33.2. The molecule has 3 aromatic carbocycles. The number of rotatable bonds is 17. The van der Waals surface area contributed by atoms with Crippen molar-refractivity contribution >= 4 is 17.9 Å². The highest BCUT2D eigenvalue weighted by Crippen LogP contribution is 2.57. The van der Waals surface area contributed by atoms with E-state index in [9.17, 15) is 14.4 Å². The second kappa shape index (κ2) is 16.1. The van der Waals surface area contributed by atoms with Crippen molar-refractivity contribution in [2.45, 2.75) is 115 Å². The molecule has 0 radical (unpaired) electrons. The van der Waals surface area contributed by atoms with Gasteiger partial charge in [0, 0.05) is 35.2 Å². The average molecular weight is 642 g/mol. The van der Waals surface area contributed by atoms with Crippen LogP contribution in [0.4, 0.5) is 0 Å². The fraction of sp³-hybridized carbons (Fsp3) is 0.462. The summed E-state index contributed by atoms with van der Waals surface area (Å²) in [4.78, 5) is 38.0. The lowest BCUT2D eigenvalue weighted by Crippen LogP contribution is -2.33. The van der Waals surface area contributed by atoms with E-state index < -0.39 is 23.6 Å². The van der Waals surface area contributed by atoms with Crippen molar-refractivity contribution in [2.24, 2.45) is 5.73 Å². The maximum Gasteiger partial charge on any atom is 0.340 e. The lowest BCUT2D eigenvalue weighted by atomic mass is 9.77. The summed E-state index contributed by atoms with van der Waals surface area (Å²) in [6.45, 7) is 3.79. The zero-order valence-corrected chi connectivity index (χ0v) is 27.7. The molecule has 2 heterocycles. The SMILES string of the molecule is CCCCCCCCCCCCCCCC(=O)Oc1ccc2c(c1)Oc1cc(OC(=O)[C@H](C)N)ccc1C21OC(=O)c2ccccc21. The molecule has 2 N–H and O–H groups in total. The summed E-state index contributed by atoms with van der Waals surface area (Å²) in [5, 5.41) is 0. The van der Waals surface area contributed by atoms with Crippen molar-refractivity contribution in [1.29, 1.82) is 0 Å². The van der Waals surface area contributed by atoms with Crippen LogP contribution in [0.25, 0.3) is 0 Å². The maximum absolute atomic E-state index is 13.1. The summed E-state index contributed by atoms with van der Waals surface area (Å²) >= 11 is 0. The fourth-order valence-corrected chi connectivity index (χ4v) is 6.44. The molecule has 0 amide bonds. The number of nitrogens with two attached hydrogens (primary N) is 1. The highest BCUT2D eigenvalue weighted by atomic mass is 16.6. The Morgan fingerprint density at radius 3 is 1.83 bits per heavy atom. The van der Waals surface area contributed by atoms with Crippen molar-refractivity contribution in [3.63, 3.8) is 0 Å². The first-order valence-corrected chi connectivity index (χ1v) is 17.3. The van der Waals surface area contributed by atoms with Gasteiger partial charge in [0.15, 0.2) is 5.60 Å². The Morgan fingerprint density at radius 1 is 0.723 bits per heavy atom. The smallest absolute Gasteiger partial charge is 0.340 e. The minimum Gasteiger partial charge on any atom is -0.456 e. The first-order chi connectivity index (χ1) is 22.8. The summed E-state index contributed by atoms with van der Waals surface area (Å²) in [5.74, 6) is -0.0775. The summed E-state index contributed by atoms with van der Waals surface area (Å²) in [5.41, 5.74) is 6.69. The molecule has 8 nitrogen and oxygen atoms in total. The molecule has 2 aliphatic rings. The lowest BCUT2D eigenvalue weighted by Gasteiger charge is -2.36. The number of benzene rings is 3. The second-order valence-electron chi connectivity index (χ2n) is 12.7. The predicted octanol–water partition coefficient (Wildman–Crippen LogP) is 8.89. The van der Waals surface area contributed by atoms with E-state index in [0.717, 1.165) is 19.3 Å². The number of unbranched alkanes of at least 4 members (excludes halogenated alkanes) is 12. The third-order valence-corrected chi connectivity index (χ3v) is 8.96. The van der Waals surface area contributed by atoms with E-state index >= 15 is 0 Å². The van der Waals surface area contributed by atoms with Crippen LogP contribution in [0.15, 0.2) is 60.7 Å². The average Bonchev–Trinajstić information content (AvgIpc) is 3.35. The van der Waals surface area contributed by atoms with Crippen molar-refractivity contribution in [3.8, 4) is 23.0 Å². The Morgan fingerprint density at radius 2 is 1.26 bits per heavy atom. The van der Waals surface area contributed by atoms with Gasteiger partial charge in [0.1, 0.15) is 29.0 Å². The second-order valence-corrected chi connectivity index (χ2v) is 12.7. The number of ether oxygens (including phenoxy) is 4. The van der Waals surface area contributed by atoms with Crippen molar-refractivity contribution in [3.05, 3.63) is 82.9 Å². The van der Waals surface area contributed by atoms with Gasteiger partial charge in [0.2, 0.25) is 0 Å². The van der Waals surface area contributed by atoms with E-state index in [0.29, 0.717) is 45.9 Å². The largest absolute Gasteiger partial charge is 0.456 e. The third kappa shape index (κ3) is 8.04. The summed E-state index contributed by atoms with van der Waals surface area (Å²) < 4.78 is 23.6. The molecule has 0 aromatic heterocycles. The highest BCUT2D eigenvalue weighted by Gasteiger charge is 2.53. The monoisotopic (exact) mass is 641 g/mol. The maximum atomic E-state index is 13.1. The Labute approximate surface area is 277 Å². The molecule has 5 rings (SSSR count). The third-order valence-electron chi connectivity index (χ3n) is 8.96. The fourth-order valence-electron chi connectivity index (χ4n) is 6.44. The van der Waals surface area contributed by atoms with E-state index in [4.69, 9.17) is 24.7 Å². The van der Waals surface area contributed by atoms with Crippen LogP contribution in [0.3, 0.4) is 0 Å². The number of carbonyl (C=O) groups is 3. The Kier molecular flexibility index (Phi) is 11.7. The Bertz CT molecular complexity index is 1560. The Balaban J connectivity index is 1.20. The quantitative estimate of drug-likeness (QED) is 0.0883. The van der Waals surface area contributed by atoms with Crippen LogP contribution >= 0.6 is 0 Å². The number of hydrogen-bond donors (Lipinski definition) is 1. The van der Waals surface area contributed by atoms with Gasteiger partial charge in [-0.1, -0.05) is 102 Å². The van der Waals surface area contributed by atoms with Gasteiger partial charge in [-0.25, -0.2) is 9.59 Å². The topological polar surface area (TPSA) is 114 Å². The van der Waals surface area contributed by atoms with Crippen LogP contribution in [-0.4, -0.2) is 23.9 Å². The van der Waals surface area contributed by atoms with Crippen LogP contribution in [0.5, 0.6) is 23.0 Å². The molecule has 0 fully saturated rings. The molecule has 1 unspecified atom stereocenters. The van der Waals surface area contributed by atoms with Gasteiger partial charge in [-0.3, -0.25) is 4.79 Å². The first kappa shape index (κ1) is 34.2. The molecule has 1 spiro atoms. The number of hydrogen-bond acceptors (Lipinski definition) is 8. The van der Waals surface area contributed by atoms with Gasteiger partial charge >= 0.3 is 17.9 Å². The summed E-state index contributed by atoms with van der Waals surface area (Å²) in [6.07, 6.45) is 16.4. The number of esters is 3. The molecule has 0 aliphatic carbocycles. The Hall–Kier alpha value is -4.17. The van der Waals surface area contributed by atoms with E-state index in [-0.39, 0.29) is 11.7 Å². The van der Waals surface area contributed by atoms with E-state index in [1.165, 1.54) is 64.2 Å². The van der Waals surface area contributed by atoms with E-state index in [1.807, 2.05) is 12.1 Å². The predicted molar refractivity (Wildman–Crippen MR) is 180 cm³/mol. The minimum absolute atomic E-state index is 0.239. The van der Waals surface area contributed by atoms with Crippen molar-refractivity contribution < 1.29 is 33.3 Å². The van der Waals surface area contributed by atoms with Gasteiger partial charge in [-0.05, 0) is 43.7 Å². The molecule has 2 aliphatic heterocycles. The molecule has 0 saturated heterocycles. The molecule has 2 atom stereocenters. The van der Waals surface area contributed by atoms with Crippen molar-refractivity contribution in [1.82, 2.24) is 0 Å². The minimum atomic E-state index is -1.29. The van der Waals surface area contributed by atoms with Gasteiger partial charge in [-0.2, -0.15) is 0 Å². The van der Waals surface area contributed by atoms with Gasteiger partial charge in [-0.15, -0.1) is 0 Å². The van der Waals surface area contributed by atoms with Crippen LogP contribution < -0.4 is 19.9 Å². The van der Waals surface area contributed by atoms with E-state index in [1.54, 1.807) is 55.5 Å². The highest BCUT2D eigenvalue weighted by molar-refractivity contribution is 5.97. The van der Waals surface area contributed by atoms with Crippen LogP contribution in [0.1, 0.15) is 131 Å². The molecule has 250 valence electrons. The number of fused-ring (bicyclic) bond motifs is 6. The molecule has 3 aromatic rings. The zero-order valence-electron chi connectivity index (χ0n) is 27.7. The van der Waals surface area contributed by atoms with Crippen molar-refractivity contribution in [2.75, 3.05) is 0 Å². The van der Waals surface area contributed by atoms with Crippen LogP contribution in [-0.2, 0) is 19.9 Å². The van der Waals surface area contributed by atoms with E-state index in [2.05, 4.69) is 6.92 Å². The van der Waals surface area contributed by atoms with Crippen LogP contribution in [0, 0.1) is 0 Å². The number of carbonyl (C=O) groups excluding carboxylic acids is 3. The normalized spacial score (nSPS) is 16.4.